The molecule has 0 aliphatic heterocycles. The van der Waals surface area contributed by atoms with E-state index in [2.05, 4.69) is 6.07 Å². The number of nitrogens with two attached hydrogens (primary N) is 1. The van der Waals surface area contributed by atoms with Gasteiger partial charge in [-0.05, 0) is 41.0 Å². The molecule has 1 atom stereocenters. The van der Waals surface area contributed by atoms with Gasteiger partial charge in [0.25, 0.3) is 0 Å². The Kier molecular flexibility index (Phi) is 7.37. The van der Waals surface area contributed by atoms with Crippen LogP contribution in [0.1, 0.15) is 29.5 Å². The molecular weight excluding hydrogens is 491 g/mol. The number of sulfone groups is 1. The van der Waals surface area contributed by atoms with Crippen LogP contribution < -0.4 is 10.5 Å². The molecule has 0 heterocycles. The minimum absolute atomic E-state index is 0.0553. The molecule has 1 amide bonds. The Bertz CT molecular complexity index is 1600. The lowest BCUT2D eigenvalue weighted by atomic mass is 9.85. The first-order valence-electron chi connectivity index (χ1n) is 11.4. The van der Waals surface area contributed by atoms with Gasteiger partial charge in [-0.25, -0.2) is 12.8 Å². The van der Waals surface area contributed by atoms with Crippen molar-refractivity contribution in [3.05, 3.63) is 114 Å². The summed E-state index contributed by atoms with van der Waals surface area (Å²) in [6.07, 6.45) is 0. The molecule has 186 valence electrons. The zero-order valence-corrected chi connectivity index (χ0v) is 20.7. The average Bonchev–Trinajstić information content (AvgIpc) is 2.89. The van der Waals surface area contributed by atoms with Gasteiger partial charge >= 0.3 is 0 Å². The first-order chi connectivity index (χ1) is 17.7. The van der Waals surface area contributed by atoms with Gasteiger partial charge < -0.3 is 10.5 Å². The number of carbonyl (C=O) groups excluding carboxylic acids is 1. The maximum absolute atomic E-state index is 13.9. The highest BCUT2D eigenvalue weighted by atomic mass is 32.2. The molecule has 4 aromatic carbocycles. The molecule has 4 rings (SSSR count). The Labute approximate surface area is 214 Å². The van der Waals surface area contributed by atoms with Crippen molar-refractivity contribution in [2.75, 3.05) is 5.75 Å². The quantitative estimate of drug-likeness (QED) is 0.331. The van der Waals surface area contributed by atoms with Gasteiger partial charge in [0, 0.05) is 11.6 Å². The van der Waals surface area contributed by atoms with Gasteiger partial charge in [-0.15, -0.1) is 0 Å². The van der Waals surface area contributed by atoms with Crippen molar-refractivity contribution in [1.29, 1.82) is 5.26 Å². The number of nitriles is 1. The summed E-state index contributed by atoms with van der Waals surface area (Å²) in [5.41, 5.74) is 7.87. The largest absolute Gasteiger partial charge is 0.455 e. The lowest BCUT2D eigenvalue weighted by molar-refractivity contribution is -0.118. The number of hydrogen-bond acceptors (Lipinski definition) is 5. The van der Waals surface area contributed by atoms with E-state index in [-0.39, 0.29) is 33.3 Å². The summed E-state index contributed by atoms with van der Waals surface area (Å²) in [6.45, 7) is 1.54. The number of amides is 1. The fourth-order valence-corrected chi connectivity index (χ4v) is 4.97. The van der Waals surface area contributed by atoms with Gasteiger partial charge in [-0.3, -0.25) is 4.79 Å². The van der Waals surface area contributed by atoms with Crippen LogP contribution in [0.25, 0.3) is 11.1 Å². The lowest BCUT2D eigenvalue weighted by Gasteiger charge is -2.21. The number of halogens is 1. The van der Waals surface area contributed by atoms with Gasteiger partial charge in [0.05, 0.1) is 22.1 Å². The molecule has 0 bridgehead atoms. The van der Waals surface area contributed by atoms with Crippen LogP contribution in [-0.2, 0) is 14.6 Å². The smallest absolute Gasteiger partial charge is 0.229 e. The van der Waals surface area contributed by atoms with E-state index in [1.807, 2.05) is 30.3 Å². The van der Waals surface area contributed by atoms with Crippen molar-refractivity contribution in [3.63, 3.8) is 0 Å². The fourth-order valence-electron chi connectivity index (χ4n) is 4.08. The molecule has 37 heavy (non-hydrogen) atoms. The van der Waals surface area contributed by atoms with Crippen LogP contribution in [0.3, 0.4) is 0 Å². The van der Waals surface area contributed by atoms with Crippen LogP contribution in [0.4, 0.5) is 4.39 Å². The zero-order chi connectivity index (χ0) is 26.6. The van der Waals surface area contributed by atoms with Gasteiger partial charge in [0.15, 0.2) is 15.6 Å². The summed E-state index contributed by atoms with van der Waals surface area (Å²) in [7, 11) is -3.44. The van der Waals surface area contributed by atoms with Crippen LogP contribution in [0, 0.1) is 17.1 Å². The average molecular weight is 515 g/mol. The molecular formula is C29H23FN2O4S. The van der Waals surface area contributed by atoms with Gasteiger partial charge in [0.1, 0.15) is 17.6 Å². The lowest BCUT2D eigenvalue weighted by Crippen LogP contribution is -2.23. The second-order valence-corrected chi connectivity index (χ2v) is 10.5. The Morgan fingerprint density at radius 2 is 1.70 bits per heavy atom. The van der Waals surface area contributed by atoms with Crippen molar-refractivity contribution in [2.45, 2.75) is 17.7 Å². The third kappa shape index (κ3) is 5.37. The Balaban J connectivity index is 1.91. The molecule has 0 aromatic heterocycles. The third-order valence-electron chi connectivity index (χ3n) is 5.95. The van der Waals surface area contributed by atoms with E-state index in [1.54, 1.807) is 25.1 Å². The summed E-state index contributed by atoms with van der Waals surface area (Å²) in [4.78, 5) is 12.8. The molecule has 0 spiro atoms. The highest BCUT2D eigenvalue weighted by molar-refractivity contribution is 7.91. The third-order valence-corrected chi connectivity index (χ3v) is 7.70. The molecule has 0 aliphatic carbocycles. The molecule has 0 aliphatic rings. The first-order valence-corrected chi connectivity index (χ1v) is 13.1. The van der Waals surface area contributed by atoms with Crippen LogP contribution >= 0.6 is 0 Å². The fraction of sp³-hybridized carbons (Fsp3) is 0.103. The van der Waals surface area contributed by atoms with E-state index >= 15 is 0 Å². The molecule has 4 aromatic rings. The normalized spacial score (nSPS) is 11.9. The number of primary amides is 1. The Hall–Kier alpha value is -4.48. The van der Waals surface area contributed by atoms with Gasteiger partial charge in [0.2, 0.25) is 5.91 Å². The predicted octanol–water partition coefficient (Wildman–Crippen LogP) is 5.57. The van der Waals surface area contributed by atoms with Crippen molar-refractivity contribution >= 4 is 15.7 Å². The number of ether oxygens (including phenoxy) is 1. The summed E-state index contributed by atoms with van der Waals surface area (Å²) in [6, 6.07) is 26.0. The second kappa shape index (κ2) is 10.6. The molecule has 0 saturated carbocycles. The number of benzene rings is 4. The van der Waals surface area contributed by atoms with Crippen LogP contribution in [-0.4, -0.2) is 20.1 Å². The highest BCUT2D eigenvalue weighted by Crippen LogP contribution is 2.41. The molecule has 0 radical (unpaired) electrons. The Morgan fingerprint density at radius 3 is 2.30 bits per heavy atom. The molecule has 0 saturated heterocycles. The SMILES string of the molecule is CCS(=O)(=O)c1ccc(C(C(N)=O)c2ccc(-c3ccccc3)c(Oc3cccc(F)c3)c2C#N)cc1. The molecule has 6 nitrogen and oxygen atoms in total. The number of rotatable bonds is 8. The first kappa shape index (κ1) is 25.6. The molecule has 2 N–H and O–H groups in total. The predicted molar refractivity (Wildman–Crippen MR) is 138 cm³/mol. The topological polar surface area (TPSA) is 110 Å². The molecule has 8 heteroatoms. The van der Waals surface area contributed by atoms with E-state index < -0.39 is 27.5 Å². The van der Waals surface area contributed by atoms with Crippen molar-refractivity contribution < 1.29 is 22.3 Å². The number of carbonyl (C=O) groups is 1. The minimum atomic E-state index is -3.44. The van der Waals surface area contributed by atoms with Gasteiger partial charge in [-0.2, -0.15) is 5.26 Å². The van der Waals surface area contributed by atoms with E-state index in [0.29, 0.717) is 11.1 Å². The maximum Gasteiger partial charge on any atom is 0.229 e. The number of hydrogen-bond donors (Lipinski definition) is 1. The van der Waals surface area contributed by atoms with E-state index in [0.717, 1.165) is 5.56 Å². The standard InChI is InChI=1S/C29H23FN2O4S/c1-2-37(34,35)23-13-11-20(12-14-23)27(29(32)33)25-16-15-24(19-7-4-3-5-8-19)28(26(25)18-31)36-22-10-6-9-21(30)17-22/h3-17,27H,2H2,1H3,(H2,32,33). The summed E-state index contributed by atoms with van der Waals surface area (Å²) in [5.74, 6) is -2.04. The Morgan fingerprint density at radius 1 is 1.00 bits per heavy atom. The van der Waals surface area contributed by atoms with Crippen molar-refractivity contribution in [3.8, 4) is 28.7 Å². The highest BCUT2D eigenvalue weighted by Gasteiger charge is 2.28. The monoisotopic (exact) mass is 514 g/mol. The van der Waals surface area contributed by atoms with E-state index in [9.17, 15) is 22.9 Å². The summed E-state index contributed by atoms with van der Waals surface area (Å²) in [5, 5.41) is 10.2. The summed E-state index contributed by atoms with van der Waals surface area (Å²) < 4.78 is 44.4. The molecule has 0 fully saturated rings. The maximum atomic E-state index is 13.9. The number of nitrogens with zero attached hydrogens (tertiary/aromatic N) is 1. The van der Waals surface area contributed by atoms with E-state index in [1.165, 1.54) is 42.5 Å². The summed E-state index contributed by atoms with van der Waals surface area (Å²) >= 11 is 0. The van der Waals surface area contributed by atoms with Crippen LogP contribution in [0.15, 0.2) is 95.9 Å². The second-order valence-electron chi connectivity index (χ2n) is 8.25. The van der Waals surface area contributed by atoms with E-state index in [4.69, 9.17) is 10.5 Å². The van der Waals surface area contributed by atoms with Crippen molar-refractivity contribution in [1.82, 2.24) is 0 Å². The van der Waals surface area contributed by atoms with Crippen molar-refractivity contribution in [2.24, 2.45) is 5.73 Å². The molecule has 1 unspecified atom stereocenters. The van der Waals surface area contributed by atoms with Crippen LogP contribution in [0.2, 0.25) is 0 Å². The minimum Gasteiger partial charge on any atom is -0.455 e. The zero-order valence-electron chi connectivity index (χ0n) is 19.9. The van der Waals surface area contributed by atoms with Crippen LogP contribution in [0.5, 0.6) is 11.5 Å². The van der Waals surface area contributed by atoms with Gasteiger partial charge in [-0.1, -0.05) is 67.6 Å².